The van der Waals surface area contributed by atoms with Gasteiger partial charge in [-0.2, -0.15) is 0 Å². The maximum atomic E-state index is 3.71. The van der Waals surface area contributed by atoms with Crippen molar-refractivity contribution in [1.29, 1.82) is 0 Å². The molecule has 0 bridgehead atoms. The Labute approximate surface area is 79.6 Å². The Balaban J connectivity index is 4.22. The van der Waals surface area contributed by atoms with Crippen molar-refractivity contribution in [3.63, 3.8) is 0 Å². The van der Waals surface area contributed by atoms with Crippen molar-refractivity contribution < 1.29 is 0 Å². The summed E-state index contributed by atoms with van der Waals surface area (Å²) < 4.78 is 0. The molecule has 0 aliphatic rings. The van der Waals surface area contributed by atoms with Crippen LogP contribution in [0.1, 0.15) is 48.0 Å². The summed E-state index contributed by atoms with van der Waals surface area (Å²) in [5.74, 6) is 0. The van der Waals surface area contributed by atoms with Crippen molar-refractivity contribution in [3.05, 3.63) is 0 Å². The van der Waals surface area contributed by atoms with Crippen LogP contribution in [-0.2, 0) is 0 Å². The van der Waals surface area contributed by atoms with E-state index in [2.05, 4.69) is 46.5 Å². The predicted molar refractivity (Wildman–Crippen MR) is 60.3 cm³/mol. The Kier molecular flexibility index (Phi) is 5.10. The average molecular weight is 187 g/mol. The second kappa shape index (κ2) is 5.03. The molecule has 74 valence electrons. The van der Waals surface area contributed by atoms with Gasteiger partial charge in [0.25, 0.3) is 0 Å². The lowest BCUT2D eigenvalue weighted by atomic mass is 10.2. The molecule has 1 nitrogen and oxygen atoms in total. The highest BCUT2D eigenvalue weighted by atomic mass is 28.3. The molecule has 0 rings (SSSR count). The molecule has 0 amide bonds. The second-order valence-corrected chi connectivity index (χ2v) is 9.02. The minimum absolute atomic E-state index is 0.519. The molecule has 0 radical (unpaired) electrons. The summed E-state index contributed by atoms with van der Waals surface area (Å²) in [7, 11) is -0.766. The molecule has 0 spiro atoms. The topological polar surface area (TPSA) is 12.0 Å². The van der Waals surface area contributed by atoms with Gasteiger partial charge in [0.05, 0.1) is 0 Å². The molecule has 2 atom stereocenters. The first-order valence-corrected chi connectivity index (χ1v) is 6.99. The van der Waals surface area contributed by atoms with Crippen LogP contribution < -0.4 is 4.98 Å². The van der Waals surface area contributed by atoms with Crippen molar-refractivity contribution in [2.75, 3.05) is 6.54 Å². The second-order valence-electron chi connectivity index (χ2n) is 4.79. The molecule has 1 N–H and O–H groups in total. The van der Waals surface area contributed by atoms with Gasteiger partial charge < -0.3 is 4.98 Å². The smallest absolute Gasteiger partial charge is 0.117 e. The van der Waals surface area contributed by atoms with E-state index in [1.165, 1.54) is 6.42 Å². The first kappa shape index (κ1) is 12.2. The molecule has 0 fully saturated rings. The lowest BCUT2D eigenvalue weighted by molar-refractivity contribution is 0.666. The summed E-state index contributed by atoms with van der Waals surface area (Å²) >= 11 is 0. The van der Waals surface area contributed by atoms with Gasteiger partial charge >= 0.3 is 0 Å². The van der Waals surface area contributed by atoms with Crippen molar-refractivity contribution in [2.24, 2.45) is 0 Å². The van der Waals surface area contributed by atoms with E-state index in [0.29, 0.717) is 5.04 Å². The Morgan fingerprint density at radius 3 is 2.00 bits per heavy atom. The molecule has 0 aromatic rings. The lowest BCUT2D eigenvalue weighted by Crippen LogP contribution is -2.44. The molecule has 0 aliphatic heterocycles. The Morgan fingerprint density at radius 2 is 1.75 bits per heavy atom. The van der Waals surface area contributed by atoms with E-state index in [1.54, 1.807) is 0 Å². The van der Waals surface area contributed by atoms with Crippen molar-refractivity contribution in [3.8, 4) is 0 Å². The van der Waals surface area contributed by atoms with Crippen LogP contribution in [0.2, 0.25) is 10.6 Å². The fourth-order valence-corrected chi connectivity index (χ4v) is 5.45. The van der Waals surface area contributed by atoms with Gasteiger partial charge in [-0.05, 0) is 17.1 Å². The van der Waals surface area contributed by atoms with E-state index < -0.39 is 8.96 Å². The van der Waals surface area contributed by atoms with Gasteiger partial charge in [-0.15, -0.1) is 0 Å². The Morgan fingerprint density at radius 1 is 1.25 bits per heavy atom. The van der Waals surface area contributed by atoms with Crippen LogP contribution in [0.25, 0.3) is 0 Å². The van der Waals surface area contributed by atoms with Gasteiger partial charge in [0, 0.05) is 0 Å². The van der Waals surface area contributed by atoms with Gasteiger partial charge in [0.2, 0.25) is 0 Å². The molecule has 2 unspecified atom stereocenters. The first-order chi connectivity index (χ1) is 5.43. The molecule has 0 heterocycles. The molecule has 0 aromatic heterocycles. The van der Waals surface area contributed by atoms with Gasteiger partial charge in [-0.1, -0.05) is 48.0 Å². The lowest BCUT2D eigenvalue weighted by Gasteiger charge is -2.34. The zero-order valence-electron chi connectivity index (χ0n) is 9.57. The van der Waals surface area contributed by atoms with E-state index in [0.717, 1.165) is 12.1 Å². The van der Waals surface area contributed by atoms with Crippen LogP contribution in [0.15, 0.2) is 0 Å². The normalized spacial score (nSPS) is 17.5. The summed E-state index contributed by atoms with van der Waals surface area (Å²) in [6, 6.07) is 0. The van der Waals surface area contributed by atoms with Crippen molar-refractivity contribution >= 4 is 8.96 Å². The summed E-state index contributed by atoms with van der Waals surface area (Å²) in [5.41, 5.74) is 0.907. The number of hydrogen-bond acceptors (Lipinski definition) is 1. The van der Waals surface area contributed by atoms with Gasteiger partial charge in [0.1, 0.15) is 8.96 Å². The fraction of sp³-hybridized carbons (Fsp3) is 1.00. The van der Waals surface area contributed by atoms with Crippen LogP contribution >= 0.6 is 0 Å². The Hall–Kier alpha value is 0.177. The number of nitrogens with one attached hydrogen (secondary N) is 1. The third kappa shape index (κ3) is 3.72. The Bertz CT molecular complexity index is 117. The number of hydrogen-bond donors (Lipinski definition) is 1. The largest absolute Gasteiger partial charge is 0.339 e. The SMILES string of the molecule is CCN[SiH](C(C)CC)C(C)(C)C. The minimum atomic E-state index is -0.766. The molecule has 0 saturated carbocycles. The monoisotopic (exact) mass is 187 g/mol. The highest BCUT2D eigenvalue weighted by molar-refractivity contribution is 6.60. The fourth-order valence-electron chi connectivity index (χ4n) is 1.82. The van der Waals surface area contributed by atoms with E-state index in [1.807, 2.05) is 0 Å². The quantitative estimate of drug-likeness (QED) is 0.667. The third-order valence-electron chi connectivity index (χ3n) is 2.57. The van der Waals surface area contributed by atoms with Crippen LogP contribution in [-0.4, -0.2) is 15.5 Å². The molecular weight excluding hydrogens is 162 g/mol. The van der Waals surface area contributed by atoms with Gasteiger partial charge in [-0.25, -0.2) is 0 Å². The third-order valence-corrected chi connectivity index (χ3v) is 6.89. The maximum Gasteiger partial charge on any atom is 0.117 e. The molecular formula is C10H25NSi. The zero-order chi connectivity index (χ0) is 9.78. The van der Waals surface area contributed by atoms with E-state index in [-0.39, 0.29) is 0 Å². The zero-order valence-corrected chi connectivity index (χ0v) is 10.7. The molecule has 0 aliphatic carbocycles. The summed E-state index contributed by atoms with van der Waals surface area (Å²) in [4.78, 5) is 3.71. The summed E-state index contributed by atoms with van der Waals surface area (Å²) in [6.45, 7) is 15.2. The van der Waals surface area contributed by atoms with Crippen LogP contribution in [0.5, 0.6) is 0 Å². The average Bonchev–Trinajstić information content (AvgIpc) is 1.96. The highest BCUT2D eigenvalue weighted by Gasteiger charge is 2.29. The first-order valence-electron chi connectivity index (χ1n) is 5.16. The van der Waals surface area contributed by atoms with Crippen molar-refractivity contribution in [2.45, 2.75) is 58.5 Å². The van der Waals surface area contributed by atoms with Crippen LogP contribution in [0.4, 0.5) is 0 Å². The van der Waals surface area contributed by atoms with Crippen LogP contribution in [0.3, 0.4) is 0 Å². The van der Waals surface area contributed by atoms with Crippen LogP contribution in [0, 0.1) is 0 Å². The molecule has 2 heteroatoms. The molecule has 12 heavy (non-hydrogen) atoms. The predicted octanol–water partition coefficient (Wildman–Crippen LogP) is 2.92. The van der Waals surface area contributed by atoms with Gasteiger partial charge in [-0.3, -0.25) is 0 Å². The van der Waals surface area contributed by atoms with Gasteiger partial charge in [0.15, 0.2) is 0 Å². The van der Waals surface area contributed by atoms with E-state index in [9.17, 15) is 0 Å². The maximum absolute atomic E-state index is 3.71. The van der Waals surface area contributed by atoms with E-state index >= 15 is 0 Å². The van der Waals surface area contributed by atoms with E-state index in [4.69, 9.17) is 0 Å². The number of rotatable bonds is 4. The van der Waals surface area contributed by atoms with Crippen molar-refractivity contribution in [1.82, 2.24) is 4.98 Å². The summed E-state index contributed by atoms with van der Waals surface area (Å²) in [5, 5.41) is 0.519. The highest BCUT2D eigenvalue weighted by Crippen LogP contribution is 2.33. The molecule has 0 aromatic carbocycles. The standard InChI is InChI=1S/C10H25NSi/c1-7-9(3)12(11-8-2)10(4,5)6/h9,11-12H,7-8H2,1-6H3. The minimum Gasteiger partial charge on any atom is -0.339 e. The summed E-state index contributed by atoms with van der Waals surface area (Å²) in [6.07, 6.45) is 1.32. The molecule has 0 saturated heterocycles.